The lowest BCUT2D eigenvalue weighted by molar-refractivity contribution is -0.135. The molecular formula is C15H27N3O2. The van der Waals surface area contributed by atoms with E-state index < -0.39 is 0 Å². The van der Waals surface area contributed by atoms with Gasteiger partial charge in [0.25, 0.3) is 0 Å². The minimum absolute atomic E-state index is 0.308. The molecule has 20 heavy (non-hydrogen) atoms. The third-order valence-corrected chi connectivity index (χ3v) is 4.90. The van der Waals surface area contributed by atoms with Gasteiger partial charge in [-0.3, -0.25) is 4.79 Å². The number of amides is 1. The first-order valence-corrected chi connectivity index (χ1v) is 8.14. The second kappa shape index (κ2) is 6.87. The molecule has 0 bridgehead atoms. The Labute approximate surface area is 121 Å². The van der Waals surface area contributed by atoms with E-state index in [1.165, 1.54) is 32.5 Å². The average Bonchev–Trinajstić information content (AvgIpc) is 2.90. The van der Waals surface area contributed by atoms with Crippen LogP contribution in [0.3, 0.4) is 0 Å². The topological polar surface area (TPSA) is 44.8 Å². The summed E-state index contributed by atoms with van der Waals surface area (Å²) in [5.74, 6) is 1.15. The van der Waals surface area contributed by atoms with Crippen LogP contribution in [0.5, 0.6) is 0 Å². The zero-order valence-corrected chi connectivity index (χ0v) is 12.4. The normalized spacial score (nSPS) is 31.3. The summed E-state index contributed by atoms with van der Waals surface area (Å²) in [4.78, 5) is 16.6. The Morgan fingerprint density at radius 3 is 2.90 bits per heavy atom. The number of fused-ring (bicyclic) bond motifs is 1. The fraction of sp³-hybridized carbons (Fsp3) is 0.933. The Kier molecular flexibility index (Phi) is 4.91. The van der Waals surface area contributed by atoms with Gasteiger partial charge in [0, 0.05) is 38.6 Å². The molecule has 114 valence electrons. The molecule has 5 heteroatoms. The van der Waals surface area contributed by atoms with E-state index in [4.69, 9.17) is 4.74 Å². The molecule has 1 N–H and O–H groups in total. The molecule has 0 aromatic heterocycles. The molecule has 0 aromatic carbocycles. The first kappa shape index (κ1) is 14.3. The number of carbonyl (C=O) groups is 1. The number of carbonyl (C=O) groups excluding carboxylic acids is 1. The number of ether oxygens (including phenoxy) is 1. The van der Waals surface area contributed by atoms with E-state index in [-0.39, 0.29) is 0 Å². The van der Waals surface area contributed by atoms with Crippen LogP contribution >= 0.6 is 0 Å². The molecule has 0 aliphatic carbocycles. The summed E-state index contributed by atoms with van der Waals surface area (Å²) in [6, 6.07) is 0.707. The number of nitrogens with one attached hydrogen (secondary N) is 1. The smallest absolute Gasteiger partial charge is 0.222 e. The van der Waals surface area contributed by atoms with Crippen LogP contribution in [0.1, 0.15) is 25.7 Å². The molecule has 1 amide bonds. The largest absolute Gasteiger partial charge is 0.378 e. The standard InChI is InChI=1S/C15H27N3O2/c19-15(18-7-9-20-10-8-18)4-2-6-17-11-13-3-1-5-16-14(13)12-17/h13-14,16H,1-12H2. The van der Waals surface area contributed by atoms with E-state index in [2.05, 4.69) is 10.2 Å². The van der Waals surface area contributed by atoms with E-state index in [0.29, 0.717) is 31.6 Å². The second-order valence-electron chi connectivity index (χ2n) is 6.32. The molecule has 3 aliphatic rings. The van der Waals surface area contributed by atoms with Crippen molar-refractivity contribution in [3.8, 4) is 0 Å². The third-order valence-electron chi connectivity index (χ3n) is 4.90. The molecule has 2 atom stereocenters. The fourth-order valence-electron chi connectivity index (χ4n) is 3.74. The van der Waals surface area contributed by atoms with Crippen molar-refractivity contribution in [1.29, 1.82) is 0 Å². The molecule has 5 nitrogen and oxygen atoms in total. The van der Waals surface area contributed by atoms with E-state index in [9.17, 15) is 4.79 Å². The summed E-state index contributed by atoms with van der Waals surface area (Å²) in [6.45, 7) is 7.61. The zero-order chi connectivity index (χ0) is 13.8. The molecule has 3 rings (SSSR count). The Morgan fingerprint density at radius 2 is 2.10 bits per heavy atom. The Balaban J connectivity index is 1.34. The number of likely N-dealkylation sites (tertiary alicyclic amines) is 1. The lowest BCUT2D eigenvalue weighted by Crippen LogP contribution is -2.41. The van der Waals surface area contributed by atoms with Gasteiger partial charge in [0.05, 0.1) is 13.2 Å². The van der Waals surface area contributed by atoms with Crippen LogP contribution in [0.15, 0.2) is 0 Å². The summed E-state index contributed by atoms with van der Waals surface area (Å²) < 4.78 is 5.28. The predicted octanol–water partition coefficient (Wildman–Crippen LogP) is 0.309. The van der Waals surface area contributed by atoms with Gasteiger partial charge in [-0.1, -0.05) is 0 Å². The van der Waals surface area contributed by atoms with Crippen LogP contribution in [0.2, 0.25) is 0 Å². The Hall–Kier alpha value is -0.650. The molecule has 0 aromatic rings. The monoisotopic (exact) mass is 281 g/mol. The van der Waals surface area contributed by atoms with Crippen molar-refractivity contribution < 1.29 is 9.53 Å². The summed E-state index contributed by atoms with van der Waals surface area (Å²) in [7, 11) is 0. The van der Waals surface area contributed by atoms with Crippen LogP contribution in [0.25, 0.3) is 0 Å². The van der Waals surface area contributed by atoms with Crippen LogP contribution in [-0.2, 0) is 9.53 Å². The van der Waals surface area contributed by atoms with Crippen LogP contribution < -0.4 is 5.32 Å². The van der Waals surface area contributed by atoms with Gasteiger partial charge < -0.3 is 19.9 Å². The van der Waals surface area contributed by atoms with Crippen molar-refractivity contribution in [2.24, 2.45) is 5.92 Å². The number of rotatable bonds is 4. The Morgan fingerprint density at radius 1 is 1.25 bits per heavy atom. The van der Waals surface area contributed by atoms with Crippen LogP contribution in [-0.4, -0.2) is 74.2 Å². The molecular weight excluding hydrogens is 254 g/mol. The molecule has 2 unspecified atom stereocenters. The van der Waals surface area contributed by atoms with E-state index >= 15 is 0 Å². The quantitative estimate of drug-likeness (QED) is 0.805. The summed E-state index contributed by atoms with van der Waals surface area (Å²) in [6.07, 6.45) is 4.39. The van der Waals surface area contributed by atoms with E-state index in [1.807, 2.05) is 4.90 Å². The highest BCUT2D eigenvalue weighted by Crippen LogP contribution is 2.24. The summed E-state index contributed by atoms with van der Waals surface area (Å²) in [5.41, 5.74) is 0. The summed E-state index contributed by atoms with van der Waals surface area (Å²) in [5, 5.41) is 3.63. The van der Waals surface area contributed by atoms with Crippen molar-refractivity contribution in [2.45, 2.75) is 31.7 Å². The number of hydrogen-bond donors (Lipinski definition) is 1. The Bertz CT molecular complexity index is 317. The van der Waals surface area contributed by atoms with Gasteiger partial charge in [-0.25, -0.2) is 0 Å². The maximum atomic E-state index is 12.1. The highest BCUT2D eigenvalue weighted by atomic mass is 16.5. The fourth-order valence-corrected chi connectivity index (χ4v) is 3.74. The number of nitrogens with zero attached hydrogens (tertiary/aromatic N) is 2. The van der Waals surface area contributed by atoms with Crippen LogP contribution in [0, 0.1) is 5.92 Å². The molecule has 3 fully saturated rings. The number of piperidine rings is 1. The lowest BCUT2D eigenvalue weighted by atomic mass is 9.94. The second-order valence-corrected chi connectivity index (χ2v) is 6.32. The highest BCUT2D eigenvalue weighted by molar-refractivity contribution is 5.76. The van der Waals surface area contributed by atoms with Crippen molar-refractivity contribution >= 4 is 5.91 Å². The van der Waals surface area contributed by atoms with E-state index in [0.717, 1.165) is 32.0 Å². The number of hydrogen-bond acceptors (Lipinski definition) is 4. The number of morpholine rings is 1. The van der Waals surface area contributed by atoms with Crippen molar-refractivity contribution in [2.75, 3.05) is 52.5 Å². The minimum Gasteiger partial charge on any atom is -0.378 e. The van der Waals surface area contributed by atoms with Gasteiger partial charge >= 0.3 is 0 Å². The maximum Gasteiger partial charge on any atom is 0.222 e. The van der Waals surface area contributed by atoms with Crippen molar-refractivity contribution in [3.63, 3.8) is 0 Å². The van der Waals surface area contributed by atoms with Gasteiger partial charge in [-0.2, -0.15) is 0 Å². The maximum absolute atomic E-state index is 12.1. The first-order valence-electron chi connectivity index (χ1n) is 8.14. The molecule has 0 saturated carbocycles. The highest BCUT2D eigenvalue weighted by Gasteiger charge is 2.33. The van der Waals surface area contributed by atoms with Gasteiger partial charge in [-0.05, 0) is 38.3 Å². The minimum atomic E-state index is 0.308. The molecule has 3 aliphatic heterocycles. The third kappa shape index (κ3) is 3.51. The summed E-state index contributed by atoms with van der Waals surface area (Å²) >= 11 is 0. The molecule has 3 heterocycles. The molecule has 3 saturated heterocycles. The van der Waals surface area contributed by atoms with E-state index in [1.54, 1.807) is 0 Å². The molecule has 0 radical (unpaired) electrons. The molecule has 0 spiro atoms. The first-order chi connectivity index (χ1) is 9.83. The van der Waals surface area contributed by atoms with Gasteiger partial charge in [-0.15, -0.1) is 0 Å². The van der Waals surface area contributed by atoms with Crippen molar-refractivity contribution in [1.82, 2.24) is 15.1 Å². The van der Waals surface area contributed by atoms with Crippen molar-refractivity contribution in [3.05, 3.63) is 0 Å². The van der Waals surface area contributed by atoms with Gasteiger partial charge in [0.15, 0.2) is 0 Å². The zero-order valence-electron chi connectivity index (χ0n) is 12.4. The van der Waals surface area contributed by atoms with Crippen LogP contribution in [0.4, 0.5) is 0 Å². The van der Waals surface area contributed by atoms with Gasteiger partial charge in [0.1, 0.15) is 0 Å². The SMILES string of the molecule is O=C(CCCN1CC2CCCNC2C1)N1CCOCC1. The average molecular weight is 281 g/mol. The lowest BCUT2D eigenvalue weighted by Gasteiger charge is -2.27. The predicted molar refractivity (Wildman–Crippen MR) is 77.6 cm³/mol. The van der Waals surface area contributed by atoms with Gasteiger partial charge in [0.2, 0.25) is 5.91 Å².